The number of carbonyl (C=O) groups is 1. The number of halogens is 4. The van der Waals surface area contributed by atoms with Gasteiger partial charge in [0.25, 0.3) is 0 Å². The summed E-state index contributed by atoms with van der Waals surface area (Å²) in [5, 5.41) is 7.37. The number of hydrogen-bond acceptors (Lipinski definition) is 6. The minimum absolute atomic E-state index is 0.152. The molecule has 0 saturated carbocycles. The van der Waals surface area contributed by atoms with Crippen molar-refractivity contribution in [2.75, 3.05) is 10.6 Å². The predicted octanol–water partition coefficient (Wildman–Crippen LogP) is 4.63. The predicted molar refractivity (Wildman–Crippen MR) is 101 cm³/mol. The molecule has 0 saturated heterocycles. The summed E-state index contributed by atoms with van der Waals surface area (Å²) < 4.78 is 51.6. The fourth-order valence-corrected chi connectivity index (χ4v) is 3.22. The maximum atomic E-state index is 13.3. The molecule has 0 fully saturated rings. The molecule has 152 valence electrons. The summed E-state index contributed by atoms with van der Waals surface area (Å²) in [7, 11) is 0. The van der Waals surface area contributed by atoms with Crippen LogP contribution < -0.4 is 10.6 Å². The smallest absolute Gasteiger partial charge is 0.326 e. The van der Waals surface area contributed by atoms with Gasteiger partial charge in [0.2, 0.25) is 11.9 Å². The van der Waals surface area contributed by atoms with Crippen LogP contribution in [0.15, 0.2) is 29.6 Å². The van der Waals surface area contributed by atoms with E-state index in [1.807, 2.05) is 19.9 Å². The minimum atomic E-state index is -4.85. The monoisotopic (exact) mass is 425 g/mol. The number of benzene rings is 1. The third kappa shape index (κ3) is 5.47. The summed E-state index contributed by atoms with van der Waals surface area (Å²) in [4.78, 5) is 24.8. The number of nitrogens with zero attached hydrogens (tertiary/aromatic N) is 3. The molecule has 6 nitrogen and oxygen atoms in total. The number of hydrogen-bond donors (Lipinski definition) is 2. The van der Waals surface area contributed by atoms with Gasteiger partial charge in [0.05, 0.1) is 17.7 Å². The molecule has 0 bridgehead atoms. The van der Waals surface area contributed by atoms with E-state index in [1.54, 1.807) is 5.38 Å². The van der Waals surface area contributed by atoms with E-state index in [4.69, 9.17) is 0 Å². The van der Waals surface area contributed by atoms with Gasteiger partial charge < -0.3 is 10.6 Å². The van der Waals surface area contributed by atoms with Gasteiger partial charge in [-0.1, -0.05) is 0 Å². The SMILES string of the molecule is Cc1cc(C)nc(Nc2nc(CC(=O)Nc3ccc(F)c(C(F)(F)F)c3)cs2)n1. The van der Waals surface area contributed by atoms with Gasteiger partial charge in [0.15, 0.2) is 5.13 Å². The summed E-state index contributed by atoms with van der Waals surface area (Å²) in [6.07, 6.45) is -5.01. The Morgan fingerprint density at radius 2 is 1.79 bits per heavy atom. The first-order valence-electron chi connectivity index (χ1n) is 8.30. The first-order chi connectivity index (χ1) is 13.6. The van der Waals surface area contributed by atoms with Crippen LogP contribution in [0, 0.1) is 19.7 Å². The van der Waals surface area contributed by atoms with E-state index in [0.717, 1.165) is 17.5 Å². The normalized spacial score (nSPS) is 11.4. The van der Waals surface area contributed by atoms with Crippen molar-refractivity contribution >= 4 is 34.0 Å². The van der Waals surface area contributed by atoms with Gasteiger partial charge in [0.1, 0.15) is 5.82 Å². The van der Waals surface area contributed by atoms with Gasteiger partial charge in [-0.05, 0) is 38.1 Å². The Morgan fingerprint density at radius 3 is 2.45 bits per heavy atom. The Hall–Kier alpha value is -3.08. The molecule has 0 aliphatic rings. The summed E-state index contributed by atoms with van der Waals surface area (Å²) >= 11 is 1.23. The zero-order valence-corrected chi connectivity index (χ0v) is 16.1. The summed E-state index contributed by atoms with van der Waals surface area (Å²) in [6, 6.07) is 4.10. The molecule has 0 unspecified atom stereocenters. The highest BCUT2D eigenvalue weighted by atomic mass is 32.1. The molecule has 0 radical (unpaired) electrons. The summed E-state index contributed by atoms with van der Waals surface area (Å²) in [6.45, 7) is 3.66. The lowest BCUT2D eigenvalue weighted by molar-refractivity contribution is -0.140. The van der Waals surface area contributed by atoms with Crippen LogP contribution in [0.5, 0.6) is 0 Å². The molecule has 11 heteroatoms. The van der Waals surface area contributed by atoms with Crippen LogP contribution in [0.1, 0.15) is 22.6 Å². The molecule has 3 rings (SSSR count). The Labute approximate surface area is 167 Å². The van der Waals surface area contributed by atoms with E-state index in [9.17, 15) is 22.4 Å². The highest BCUT2D eigenvalue weighted by Crippen LogP contribution is 2.33. The van der Waals surface area contributed by atoms with E-state index < -0.39 is 23.5 Å². The molecule has 2 heterocycles. The first-order valence-corrected chi connectivity index (χ1v) is 9.18. The van der Waals surface area contributed by atoms with Crippen LogP contribution >= 0.6 is 11.3 Å². The van der Waals surface area contributed by atoms with Crippen LogP contribution in [0.2, 0.25) is 0 Å². The second kappa shape index (κ2) is 8.11. The van der Waals surface area contributed by atoms with Crippen molar-refractivity contribution in [1.82, 2.24) is 15.0 Å². The number of carbonyl (C=O) groups excluding carboxylic acids is 1. The molecular weight excluding hydrogens is 410 g/mol. The van der Waals surface area contributed by atoms with Crippen molar-refractivity contribution in [2.24, 2.45) is 0 Å². The largest absolute Gasteiger partial charge is 0.419 e. The number of rotatable bonds is 5. The molecule has 0 spiro atoms. The van der Waals surface area contributed by atoms with Crippen molar-refractivity contribution in [1.29, 1.82) is 0 Å². The minimum Gasteiger partial charge on any atom is -0.326 e. The van der Waals surface area contributed by atoms with Crippen molar-refractivity contribution in [2.45, 2.75) is 26.4 Å². The molecule has 1 amide bonds. The van der Waals surface area contributed by atoms with Gasteiger partial charge >= 0.3 is 6.18 Å². The third-order valence-corrected chi connectivity index (χ3v) is 4.46. The average Bonchev–Trinajstić information content (AvgIpc) is 3.01. The van der Waals surface area contributed by atoms with Crippen LogP contribution in [-0.4, -0.2) is 20.9 Å². The maximum absolute atomic E-state index is 13.3. The fourth-order valence-electron chi connectivity index (χ4n) is 2.51. The molecule has 29 heavy (non-hydrogen) atoms. The fraction of sp³-hybridized carbons (Fsp3) is 0.222. The second-order valence-electron chi connectivity index (χ2n) is 6.16. The highest BCUT2D eigenvalue weighted by molar-refractivity contribution is 7.13. The van der Waals surface area contributed by atoms with E-state index in [2.05, 4.69) is 25.6 Å². The number of aromatic nitrogens is 3. The highest BCUT2D eigenvalue weighted by Gasteiger charge is 2.34. The Balaban J connectivity index is 1.65. The zero-order valence-electron chi connectivity index (χ0n) is 15.3. The standard InChI is InChI=1S/C18H15F4N5OS/c1-9-5-10(2)24-16(23-9)27-17-26-12(8-29-17)7-15(28)25-11-3-4-14(19)13(6-11)18(20,21)22/h3-6,8H,7H2,1-2H3,(H,25,28)(H,23,24,26,27). The number of amides is 1. The Bertz CT molecular complexity index is 1030. The van der Waals surface area contributed by atoms with Gasteiger partial charge in [-0.3, -0.25) is 4.79 Å². The van der Waals surface area contributed by atoms with Gasteiger partial charge in [-0.2, -0.15) is 13.2 Å². The second-order valence-corrected chi connectivity index (χ2v) is 7.02. The van der Waals surface area contributed by atoms with Crippen LogP contribution in [0.3, 0.4) is 0 Å². The number of alkyl halides is 3. The number of anilines is 3. The van der Waals surface area contributed by atoms with Crippen molar-refractivity contribution in [3.05, 3.63) is 58.1 Å². The van der Waals surface area contributed by atoms with Crippen molar-refractivity contribution < 1.29 is 22.4 Å². The van der Waals surface area contributed by atoms with Crippen molar-refractivity contribution in [3.8, 4) is 0 Å². The molecule has 0 aliphatic carbocycles. The van der Waals surface area contributed by atoms with Gasteiger partial charge in [0, 0.05) is 22.5 Å². The number of thiazole rings is 1. The molecule has 2 aromatic heterocycles. The average molecular weight is 425 g/mol. The lowest BCUT2D eigenvalue weighted by atomic mass is 10.1. The topological polar surface area (TPSA) is 79.8 Å². The van der Waals surface area contributed by atoms with E-state index in [-0.39, 0.29) is 12.1 Å². The van der Waals surface area contributed by atoms with E-state index in [0.29, 0.717) is 28.9 Å². The van der Waals surface area contributed by atoms with E-state index >= 15 is 0 Å². The molecule has 1 aromatic carbocycles. The van der Waals surface area contributed by atoms with Crippen LogP contribution in [0.4, 0.5) is 34.3 Å². The van der Waals surface area contributed by atoms with Crippen LogP contribution in [0.25, 0.3) is 0 Å². The first kappa shape index (κ1) is 20.6. The molecule has 0 aliphatic heterocycles. The zero-order chi connectivity index (χ0) is 21.2. The van der Waals surface area contributed by atoms with Crippen LogP contribution in [-0.2, 0) is 17.4 Å². The maximum Gasteiger partial charge on any atom is 0.419 e. The molecule has 0 atom stereocenters. The number of nitrogens with one attached hydrogen (secondary N) is 2. The number of aryl methyl sites for hydroxylation is 2. The van der Waals surface area contributed by atoms with Gasteiger partial charge in [-0.25, -0.2) is 19.3 Å². The van der Waals surface area contributed by atoms with E-state index in [1.165, 1.54) is 11.3 Å². The Kier molecular flexibility index (Phi) is 5.78. The Morgan fingerprint density at radius 1 is 1.10 bits per heavy atom. The quantitative estimate of drug-likeness (QED) is 0.583. The molecule has 2 N–H and O–H groups in total. The molecular formula is C18H15F4N5OS. The molecule has 3 aromatic rings. The summed E-state index contributed by atoms with van der Waals surface area (Å²) in [5.74, 6) is -1.61. The summed E-state index contributed by atoms with van der Waals surface area (Å²) in [5.41, 5.74) is 0.393. The lowest BCUT2D eigenvalue weighted by Gasteiger charge is -2.10. The van der Waals surface area contributed by atoms with Gasteiger partial charge in [-0.15, -0.1) is 11.3 Å². The lowest BCUT2D eigenvalue weighted by Crippen LogP contribution is -2.16. The third-order valence-electron chi connectivity index (χ3n) is 3.65. The van der Waals surface area contributed by atoms with Crippen molar-refractivity contribution in [3.63, 3.8) is 0 Å².